The van der Waals surface area contributed by atoms with Crippen molar-refractivity contribution in [2.75, 3.05) is 19.7 Å². The first-order valence-electron chi connectivity index (χ1n) is 6.29. The van der Waals surface area contributed by atoms with Gasteiger partial charge in [0.25, 0.3) is 5.91 Å². The lowest BCUT2D eigenvalue weighted by Gasteiger charge is -2.31. The van der Waals surface area contributed by atoms with Crippen LogP contribution in [0.5, 0.6) is 0 Å². The van der Waals surface area contributed by atoms with Crippen molar-refractivity contribution in [3.05, 3.63) is 28.5 Å². The Kier molecular flexibility index (Phi) is 5.08. The molecule has 6 nitrogen and oxygen atoms in total. The second kappa shape index (κ2) is 6.81. The Morgan fingerprint density at radius 3 is 2.70 bits per heavy atom. The third-order valence-electron chi connectivity index (χ3n) is 3.12. The second-order valence-electron chi connectivity index (χ2n) is 4.59. The molecule has 1 amide bonds. The molecule has 1 aliphatic rings. The van der Waals surface area contributed by atoms with Crippen molar-refractivity contribution >= 4 is 27.8 Å². The Hall–Kier alpha value is -1.47. The van der Waals surface area contributed by atoms with Crippen LogP contribution in [0.2, 0.25) is 0 Å². The van der Waals surface area contributed by atoms with Crippen molar-refractivity contribution < 1.29 is 19.4 Å². The Morgan fingerprint density at radius 2 is 2.10 bits per heavy atom. The first-order valence-corrected chi connectivity index (χ1v) is 7.09. The van der Waals surface area contributed by atoms with Gasteiger partial charge in [0.15, 0.2) is 0 Å². The van der Waals surface area contributed by atoms with Crippen LogP contribution in [0.15, 0.2) is 22.9 Å². The smallest absolute Gasteiger partial charge is 0.329 e. The predicted octanol–water partition coefficient (Wildman–Crippen LogP) is 1.55. The van der Waals surface area contributed by atoms with Crippen molar-refractivity contribution in [2.45, 2.75) is 18.9 Å². The van der Waals surface area contributed by atoms with Gasteiger partial charge in [0.05, 0.1) is 11.7 Å². The molecule has 0 unspecified atom stereocenters. The summed E-state index contributed by atoms with van der Waals surface area (Å²) in [6, 6.07) is 1.74. The molecule has 0 saturated carbocycles. The molecular formula is C13H15BrN2O4. The standard InChI is InChI=1S/C13H15BrN2O4/c14-10-5-9(6-15-7-10)13(19)16-3-1-11(2-4-16)20-8-12(17)18/h5-7,11H,1-4,8H2,(H,17,18). The molecule has 0 bridgehead atoms. The van der Waals surface area contributed by atoms with E-state index in [1.807, 2.05) is 0 Å². The van der Waals surface area contributed by atoms with E-state index in [2.05, 4.69) is 20.9 Å². The molecule has 108 valence electrons. The van der Waals surface area contributed by atoms with Crippen LogP contribution >= 0.6 is 15.9 Å². The molecular weight excluding hydrogens is 328 g/mol. The average Bonchev–Trinajstić information content (AvgIpc) is 2.45. The van der Waals surface area contributed by atoms with Crippen molar-refractivity contribution in [1.82, 2.24) is 9.88 Å². The number of carboxylic acid groups (broad SMARTS) is 1. The summed E-state index contributed by atoms with van der Waals surface area (Å²) in [5.41, 5.74) is 0.546. The molecule has 0 atom stereocenters. The molecule has 2 rings (SSSR count). The van der Waals surface area contributed by atoms with Gasteiger partial charge in [-0.05, 0) is 34.8 Å². The molecule has 0 aliphatic carbocycles. The zero-order valence-corrected chi connectivity index (χ0v) is 12.4. The largest absolute Gasteiger partial charge is 0.480 e. The number of halogens is 1. The molecule has 1 N–H and O–H groups in total. The predicted molar refractivity (Wildman–Crippen MR) is 74.5 cm³/mol. The van der Waals surface area contributed by atoms with Crippen LogP contribution in [-0.4, -0.2) is 52.7 Å². The molecule has 0 spiro atoms. The van der Waals surface area contributed by atoms with Crippen LogP contribution in [0.25, 0.3) is 0 Å². The van der Waals surface area contributed by atoms with E-state index in [1.54, 1.807) is 23.4 Å². The van der Waals surface area contributed by atoms with Gasteiger partial charge >= 0.3 is 5.97 Å². The van der Waals surface area contributed by atoms with Gasteiger partial charge in [0, 0.05) is 30.0 Å². The molecule has 1 aromatic rings. The van der Waals surface area contributed by atoms with Crippen LogP contribution < -0.4 is 0 Å². The number of nitrogens with zero attached hydrogens (tertiary/aromatic N) is 2. The summed E-state index contributed by atoms with van der Waals surface area (Å²) in [6.07, 6.45) is 4.39. The lowest BCUT2D eigenvalue weighted by atomic mass is 10.1. The first-order chi connectivity index (χ1) is 9.56. The second-order valence-corrected chi connectivity index (χ2v) is 5.50. The molecule has 1 aromatic heterocycles. The third-order valence-corrected chi connectivity index (χ3v) is 3.56. The average molecular weight is 343 g/mol. The number of amides is 1. The number of hydrogen-bond acceptors (Lipinski definition) is 4. The summed E-state index contributed by atoms with van der Waals surface area (Å²) in [7, 11) is 0. The summed E-state index contributed by atoms with van der Waals surface area (Å²) in [6.45, 7) is 0.847. The molecule has 7 heteroatoms. The highest BCUT2D eigenvalue weighted by Crippen LogP contribution is 2.17. The van der Waals surface area contributed by atoms with Gasteiger partial charge < -0.3 is 14.7 Å². The number of carboxylic acids is 1. The number of carbonyl (C=O) groups is 2. The molecule has 0 radical (unpaired) electrons. The molecule has 20 heavy (non-hydrogen) atoms. The maximum atomic E-state index is 12.3. The van der Waals surface area contributed by atoms with E-state index in [-0.39, 0.29) is 18.6 Å². The number of carbonyl (C=O) groups excluding carboxylic acids is 1. The number of rotatable bonds is 4. The molecule has 1 aliphatic heterocycles. The summed E-state index contributed by atoms with van der Waals surface area (Å²) in [5, 5.41) is 8.56. The maximum Gasteiger partial charge on any atom is 0.329 e. The quantitative estimate of drug-likeness (QED) is 0.897. The van der Waals surface area contributed by atoms with E-state index < -0.39 is 5.97 Å². The number of aliphatic carboxylic acids is 1. The fourth-order valence-electron chi connectivity index (χ4n) is 2.13. The number of piperidine rings is 1. The molecule has 2 heterocycles. The highest BCUT2D eigenvalue weighted by molar-refractivity contribution is 9.10. The van der Waals surface area contributed by atoms with Crippen LogP contribution in [-0.2, 0) is 9.53 Å². The van der Waals surface area contributed by atoms with E-state index in [0.717, 1.165) is 4.47 Å². The molecule has 1 fully saturated rings. The number of hydrogen-bond donors (Lipinski definition) is 1. The van der Waals surface area contributed by atoms with Crippen molar-refractivity contribution in [3.8, 4) is 0 Å². The van der Waals surface area contributed by atoms with Gasteiger partial charge in [-0.3, -0.25) is 9.78 Å². The normalized spacial score (nSPS) is 16.1. The van der Waals surface area contributed by atoms with Gasteiger partial charge in [0.2, 0.25) is 0 Å². The van der Waals surface area contributed by atoms with Gasteiger partial charge in [0.1, 0.15) is 6.61 Å². The maximum absolute atomic E-state index is 12.3. The fourth-order valence-corrected chi connectivity index (χ4v) is 2.49. The van der Waals surface area contributed by atoms with Gasteiger partial charge in [-0.15, -0.1) is 0 Å². The van der Waals surface area contributed by atoms with Crippen LogP contribution in [0.1, 0.15) is 23.2 Å². The van der Waals surface area contributed by atoms with Crippen LogP contribution in [0, 0.1) is 0 Å². The highest BCUT2D eigenvalue weighted by atomic mass is 79.9. The Balaban J connectivity index is 1.87. The zero-order chi connectivity index (χ0) is 14.5. The number of pyridine rings is 1. The number of ether oxygens (including phenoxy) is 1. The fraction of sp³-hybridized carbons (Fsp3) is 0.462. The molecule has 1 saturated heterocycles. The van der Waals surface area contributed by atoms with Gasteiger partial charge in [-0.25, -0.2) is 4.79 Å². The molecule has 0 aromatic carbocycles. The Bertz CT molecular complexity index is 501. The highest BCUT2D eigenvalue weighted by Gasteiger charge is 2.24. The van der Waals surface area contributed by atoms with E-state index in [4.69, 9.17) is 9.84 Å². The minimum atomic E-state index is -0.969. The van der Waals surface area contributed by atoms with E-state index in [1.165, 1.54) is 0 Å². The first kappa shape index (κ1) is 14.9. The summed E-state index contributed by atoms with van der Waals surface area (Å²) < 4.78 is 6.01. The summed E-state index contributed by atoms with van der Waals surface area (Å²) in [4.78, 5) is 28.4. The van der Waals surface area contributed by atoms with Crippen molar-refractivity contribution in [1.29, 1.82) is 0 Å². The topological polar surface area (TPSA) is 79.7 Å². The lowest BCUT2D eigenvalue weighted by molar-refractivity contribution is -0.145. The zero-order valence-electron chi connectivity index (χ0n) is 10.8. The van der Waals surface area contributed by atoms with Crippen molar-refractivity contribution in [2.24, 2.45) is 0 Å². The number of likely N-dealkylation sites (tertiary alicyclic amines) is 1. The van der Waals surface area contributed by atoms with Crippen molar-refractivity contribution in [3.63, 3.8) is 0 Å². The third kappa shape index (κ3) is 4.01. The van der Waals surface area contributed by atoms with Crippen LogP contribution in [0.4, 0.5) is 0 Å². The summed E-state index contributed by atoms with van der Waals surface area (Å²) >= 11 is 3.29. The van der Waals surface area contributed by atoms with E-state index in [0.29, 0.717) is 31.5 Å². The van der Waals surface area contributed by atoms with E-state index >= 15 is 0 Å². The SMILES string of the molecule is O=C(O)COC1CCN(C(=O)c2cncc(Br)c2)CC1. The minimum absolute atomic E-state index is 0.0597. The number of aromatic nitrogens is 1. The summed E-state index contributed by atoms with van der Waals surface area (Å²) in [5.74, 6) is -1.03. The Labute approximate surface area is 124 Å². The van der Waals surface area contributed by atoms with Gasteiger partial charge in [-0.1, -0.05) is 0 Å². The van der Waals surface area contributed by atoms with Gasteiger partial charge in [-0.2, -0.15) is 0 Å². The lowest BCUT2D eigenvalue weighted by Crippen LogP contribution is -2.41. The minimum Gasteiger partial charge on any atom is -0.480 e. The monoisotopic (exact) mass is 342 g/mol. The van der Waals surface area contributed by atoms with Crippen LogP contribution in [0.3, 0.4) is 0 Å². The Morgan fingerprint density at radius 1 is 1.40 bits per heavy atom. The van der Waals surface area contributed by atoms with E-state index in [9.17, 15) is 9.59 Å².